The predicted octanol–water partition coefficient (Wildman–Crippen LogP) is 2.82. The fourth-order valence-electron chi connectivity index (χ4n) is 2.22. The molecule has 0 bridgehead atoms. The summed E-state index contributed by atoms with van der Waals surface area (Å²) in [5, 5.41) is 3.27. The van der Waals surface area contributed by atoms with E-state index in [1.807, 2.05) is 12.1 Å². The first-order valence-corrected chi connectivity index (χ1v) is 6.64. The van der Waals surface area contributed by atoms with E-state index in [-0.39, 0.29) is 5.95 Å². The summed E-state index contributed by atoms with van der Waals surface area (Å²) >= 11 is 1.69. The van der Waals surface area contributed by atoms with Crippen molar-refractivity contribution >= 4 is 38.5 Å². The number of aromatic amines is 1. The van der Waals surface area contributed by atoms with E-state index in [9.17, 15) is 0 Å². The van der Waals surface area contributed by atoms with Gasteiger partial charge in [0.1, 0.15) is 11.2 Å². The zero-order chi connectivity index (χ0) is 12.8. The summed E-state index contributed by atoms with van der Waals surface area (Å²) < 4.78 is 1.19. The molecule has 0 radical (unpaired) electrons. The minimum atomic E-state index is 0.239. The number of nitrogens with one attached hydrogen (secondary N) is 1. The zero-order valence-corrected chi connectivity index (χ0v) is 10.6. The Morgan fingerprint density at radius 1 is 1.16 bits per heavy atom. The van der Waals surface area contributed by atoms with Gasteiger partial charge in [-0.05, 0) is 16.8 Å². The van der Waals surface area contributed by atoms with Crippen LogP contribution in [0.3, 0.4) is 0 Å². The second-order valence-electron chi connectivity index (χ2n) is 4.18. The van der Waals surface area contributed by atoms with E-state index in [1.165, 1.54) is 10.1 Å². The molecule has 92 valence electrons. The summed E-state index contributed by atoms with van der Waals surface area (Å²) in [7, 11) is 0. The highest BCUT2D eigenvalue weighted by Gasteiger charge is 2.13. The number of rotatable bonds is 1. The molecule has 0 aliphatic heterocycles. The van der Waals surface area contributed by atoms with E-state index in [4.69, 9.17) is 5.73 Å². The van der Waals surface area contributed by atoms with E-state index in [1.54, 1.807) is 17.7 Å². The van der Waals surface area contributed by atoms with Crippen LogP contribution in [0.4, 0.5) is 5.95 Å². The molecule has 6 heteroatoms. The number of nitrogens with zero attached hydrogens (tertiary/aromatic N) is 3. The maximum atomic E-state index is 5.77. The van der Waals surface area contributed by atoms with Gasteiger partial charge in [-0.15, -0.1) is 11.3 Å². The third-order valence-corrected chi connectivity index (χ3v) is 4.00. The Hall–Kier alpha value is -2.47. The number of anilines is 1. The van der Waals surface area contributed by atoms with Gasteiger partial charge in [-0.25, -0.2) is 9.97 Å². The van der Waals surface area contributed by atoms with Crippen LogP contribution in [0.2, 0.25) is 0 Å². The molecule has 0 fully saturated rings. The Balaban J connectivity index is 2.14. The lowest BCUT2D eigenvalue weighted by Crippen LogP contribution is -1.97. The standard InChI is InChI=1S/C13H9N5S/c14-13-17-9(10-12(18-13)16-6-15-10)8-3-1-2-7-4-5-19-11(7)8/h1-6H,(H3,14,15,16,17,18). The summed E-state index contributed by atoms with van der Waals surface area (Å²) in [6.45, 7) is 0. The lowest BCUT2D eigenvalue weighted by atomic mass is 10.1. The molecule has 5 nitrogen and oxygen atoms in total. The third-order valence-electron chi connectivity index (χ3n) is 3.04. The monoisotopic (exact) mass is 267 g/mol. The molecule has 19 heavy (non-hydrogen) atoms. The molecule has 1 aromatic carbocycles. The van der Waals surface area contributed by atoms with Crippen molar-refractivity contribution in [2.45, 2.75) is 0 Å². The molecule has 0 saturated carbocycles. The average Bonchev–Trinajstić information content (AvgIpc) is 3.04. The summed E-state index contributed by atoms with van der Waals surface area (Å²) in [6.07, 6.45) is 1.61. The lowest BCUT2D eigenvalue weighted by Gasteiger charge is -2.04. The number of thiophene rings is 1. The minimum Gasteiger partial charge on any atom is -0.368 e. The number of fused-ring (bicyclic) bond motifs is 2. The van der Waals surface area contributed by atoms with Crippen molar-refractivity contribution in [2.75, 3.05) is 5.73 Å². The molecule has 0 atom stereocenters. The van der Waals surface area contributed by atoms with E-state index >= 15 is 0 Å². The van der Waals surface area contributed by atoms with Crippen LogP contribution in [-0.4, -0.2) is 19.9 Å². The third kappa shape index (κ3) is 1.50. The average molecular weight is 267 g/mol. The fraction of sp³-hybridized carbons (Fsp3) is 0. The Morgan fingerprint density at radius 3 is 3.05 bits per heavy atom. The smallest absolute Gasteiger partial charge is 0.222 e. The van der Waals surface area contributed by atoms with Crippen LogP contribution in [0, 0.1) is 0 Å². The molecule has 3 heterocycles. The first kappa shape index (κ1) is 10.5. The minimum absolute atomic E-state index is 0.239. The van der Waals surface area contributed by atoms with Gasteiger partial charge in [-0.3, -0.25) is 0 Å². The maximum Gasteiger partial charge on any atom is 0.222 e. The molecule has 3 N–H and O–H groups in total. The number of benzene rings is 1. The molecule has 0 aliphatic carbocycles. The van der Waals surface area contributed by atoms with Crippen molar-refractivity contribution in [2.24, 2.45) is 0 Å². The molecule has 0 spiro atoms. The molecular formula is C13H9N5S. The van der Waals surface area contributed by atoms with Gasteiger partial charge in [0, 0.05) is 10.3 Å². The van der Waals surface area contributed by atoms with Crippen molar-refractivity contribution in [1.29, 1.82) is 0 Å². The predicted molar refractivity (Wildman–Crippen MR) is 76.9 cm³/mol. The summed E-state index contributed by atoms with van der Waals surface area (Å²) in [6, 6.07) is 8.24. The molecule has 0 aliphatic rings. The first-order valence-electron chi connectivity index (χ1n) is 5.76. The Bertz CT molecular complexity index is 892. The number of H-pyrrole nitrogens is 1. The highest BCUT2D eigenvalue weighted by atomic mass is 32.1. The molecule has 0 amide bonds. The number of hydrogen-bond donors (Lipinski definition) is 2. The fourth-order valence-corrected chi connectivity index (χ4v) is 3.14. The molecule has 0 saturated heterocycles. The van der Waals surface area contributed by atoms with Crippen LogP contribution in [0.25, 0.3) is 32.5 Å². The van der Waals surface area contributed by atoms with Crippen LogP contribution < -0.4 is 5.73 Å². The van der Waals surface area contributed by atoms with Crippen LogP contribution in [0.15, 0.2) is 36.0 Å². The number of hydrogen-bond acceptors (Lipinski definition) is 5. The molecule has 4 rings (SSSR count). The van der Waals surface area contributed by atoms with Gasteiger partial charge in [0.2, 0.25) is 5.95 Å². The summed E-state index contributed by atoms with van der Waals surface area (Å²) in [5.41, 5.74) is 9.03. The highest BCUT2D eigenvalue weighted by Crippen LogP contribution is 2.34. The Kier molecular flexibility index (Phi) is 2.07. The molecule has 4 aromatic rings. The SMILES string of the molecule is Nc1nc(-c2cccc3ccsc23)c2[nH]cnc2n1. The lowest BCUT2D eigenvalue weighted by molar-refractivity contribution is 1.22. The van der Waals surface area contributed by atoms with Crippen LogP contribution in [0.1, 0.15) is 0 Å². The Morgan fingerprint density at radius 2 is 2.11 bits per heavy atom. The van der Waals surface area contributed by atoms with E-state index in [0.29, 0.717) is 5.65 Å². The van der Waals surface area contributed by atoms with Gasteiger partial charge in [0.15, 0.2) is 5.65 Å². The van der Waals surface area contributed by atoms with Crippen molar-refractivity contribution in [3.05, 3.63) is 36.0 Å². The van der Waals surface area contributed by atoms with Gasteiger partial charge in [-0.1, -0.05) is 18.2 Å². The van der Waals surface area contributed by atoms with Crippen LogP contribution in [-0.2, 0) is 0 Å². The largest absolute Gasteiger partial charge is 0.368 e. The van der Waals surface area contributed by atoms with E-state index in [0.717, 1.165) is 16.8 Å². The second-order valence-corrected chi connectivity index (χ2v) is 5.09. The zero-order valence-electron chi connectivity index (χ0n) is 9.79. The number of aromatic nitrogens is 4. The number of imidazole rings is 1. The Labute approximate surface area is 112 Å². The van der Waals surface area contributed by atoms with Crippen LogP contribution in [0.5, 0.6) is 0 Å². The van der Waals surface area contributed by atoms with Gasteiger partial charge >= 0.3 is 0 Å². The highest BCUT2D eigenvalue weighted by molar-refractivity contribution is 7.17. The summed E-state index contributed by atoms with van der Waals surface area (Å²) in [4.78, 5) is 15.7. The van der Waals surface area contributed by atoms with Gasteiger partial charge in [0.05, 0.1) is 6.33 Å². The van der Waals surface area contributed by atoms with E-state index < -0.39 is 0 Å². The topological polar surface area (TPSA) is 80.5 Å². The van der Waals surface area contributed by atoms with Gasteiger partial charge in [0.25, 0.3) is 0 Å². The van der Waals surface area contributed by atoms with Crippen molar-refractivity contribution in [1.82, 2.24) is 19.9 Å². The summed E-state index contributed by atoms with van der Waals surface area (Å²) in [5.74, 6) is 0.239. The molecule has 3 aromatic heterocycles. The quantitative estimate of drug-likeness (QED) is 0.555. The second kappa shape index (κ2) is 3.76. The first-order chi connectivity index (χ1) is 9.33. The normalized spacial score (nSPS) is 11.4. The molecular weight excluding hydrogens is 258 g/mol. The van der Waals surface area contributed by atoms with Crippen molar-refractivity contribution < 1.29 is 0 Å². The van der Waals surface area contributed by atoms with E-state index in [2.05, 4.69) is 37.4 Å². The van der Waals surface area contributed by atoms with Gasteiger partial charge < -0.3 is 10.7 Å². The van der Waals surface area contributed by atoms with Crippen molar-refractivity contribution in [3.8, 4) is 11.3 Å². The number of nitrogen functional groups attached to an aromatic ring is 1. The van der Waals surface area contributed by atoms with Crippen LogP contribution >= 0.6 is 11.3 Å². The van der Waals surface area contributed by atoms with Gasteiger partial charge in [-0.2, -0.15) is 4.98 Å². The number of nitrogens with two attached hydrogens (primary N) is 1. The maximum absolute atomic E-state index is 5.77. The molecule has 0 unspecified atom stereocenters. The van der Waals surface area contributed by atoms with Crippen molar-refractivity contribution in [3.63, 3.8) is 0 Å².